The van der Waals surface area contributed by atoms with Gasteiger partial charge in [0.15, 0.2) is 0 Å². The van der Waals surface area contributed by atoms with Gasteiger partial charge in [0.05, 0.1) is 17.1 Å². The predicted molar refractivity (Wildman–Crippen MR) is 59.3 cm³/mol. The second-order valence-corrected chi connectivity index (χ2v) is 3.34. The molecule has 1 N–H and O–H groups in total. The molecule has 1 atom stereocenters. The van der Waals surface area contributed by atoms with E-state index < -0.39 is 6.10 Å². The maximum absolute atomic E-state index is 9.76. The Bertz CT molecular complexity index is 482. The SMILES string of the molecule is C=CCC(O)c1ccc2nccnc2c1. The molecule has 2 aromatic rings. The number of aromatic nitrogens is 2. The van der Waals surface area contributed by atoms with E-state index in [1.165, 1.54) is 0 Å². The number of fused-ring (bicyclic) bond motifs is 1. The third-order valence-electron chi connectivity index (χ3n) is 2.27. The summed E-state index contributed by atoms with van der Waals surface area (Å²) < 4.78 is 0. The highest BCUT2D eigenvalue weighted by atomic mass is 16.3. The molecule has 0 aliphatic carbocycles. The zero-order chi connectivity index (χ0) is 10.7. The quantitative estimate of drug-likeness (QED) is 0.773. The van der Waals surface area contributed by atoms with Gasteiger partial charge in [-0.15, -0.1) is 6.58 Å². The van der Waals surface area contributed by atoms with Gasteiger partial charge in [-0.2, -0.15) is 0 Å². The molecule has 0 spiro atoms. The van der Waals surface area contributed by atoms with Crippen molar-refractivity contribution in [3.05, 3.63) is 48.8 Å². The normalized spacial score (nSPS) is 12.6. The smallest absolute Gasteiger partial charge is 0.0890 e. The van der Waals surface area contributed by atoms with Gasteiger partial charge in [-0.1, -0.05) is 12.1 Å². The van der Waals surface area contributed by atoms with Crippen LogP contribution in [0.1, 0.15) is 18.1 Å². The van der Waals surface area contributed by atoms with Gasteiger partial charge in [-0.3, -0.25) is 9.97 Å². The second kappa shape index (κ2) is 4.19. The number of rotatable bonds is 3. The van der Waals surface area contributed by atoms with E-state index in [0.717, 1.165) is 16.6 Å². The Balaban J connectivity index is 2.42. The van der Waals surface area contributed by atoms with Gasteiger partial charge in [-0.05, 0) is 24.1 Å². The summed E-state index contributed by atoms with van der Waals surface area (Å²) in [5.74, 6) is 0. The Labute approximate surface area is 88.1 Å². The van der Waals surface area contributed by atoms with Crippen LogP contribution in [0.3, 0.4) is 0 Å². The molecule has 0 aliphatic rings. The Morgan fingerprint density at radius 1 is 1.27 bits per heavy atom. The minimum Gasteiger partial charge on any atom is -0.388 e. The standard InChI is InChI=1S/C12H12N2O/c1-2-3-12(15)9-4-5-10-11(8-9)14-7-6-13-10/h2,4-8,12,15H,1,3H2. The van der Waals surface area contributed by atoms with Crippen LogP contribution in [0, 0.1) is 0 Å². The predicted octanol–water partition coefficient (Wildman–Crippen LogP) is 2.24. The second-order valence-electron chi connectivity index (χ2n) is 3.34. The highest BCUT2D eigenvalue weighted by Crippen LogP contribution is 2.20. The monoisotopic (exact) mass is 200 g/mol. The lowest BCUT2D eigenvalue weighted by molar-refractivity contribution is 0.182. The van der Waals surface area contributed by atoms with Crippen LogP contribution < -0.4 is 0 Å². The van der Waals surface area contributed by atoms with Crippen molar-refractivity contribution in [1.29, 1.82) is 0 Å². The fraction of sp³-hybridized carbons (Fsp3) is 0.167. The van der Waals surface area contributed by atoms with Crippen molar-refractivity contribution in [2.24, 2.45) is 0 Å². The Morgan fingerprint density at radius 3 is 2.73 bits per heavy atom. The fourth-order valence-corrected chi connectivity index (χ4v) is 1.48. The van der Waals surface area contributed by atoms with E-state index in [2.05, 4.69) is 16.5 Å². The van der Waals surface area contributed by atoms with Crippen molar-refractivity contribution < 1.29 is 5.11 Å². The van der Waals surface area contributed by atoms with E-state index in [1.807, 2.05) is 18.2 Å². The molecule has 1 heterocycles. The maximum Gasteiger partial charge on any atom is 0.0890 e. The zero-order valence-corrected chi connectivity index (χ0v) is 8.30. The van der Waals surface area contributed by atoms with Crippen LogP contribution in [0.25, 0.3) is 11.0 Å². The largest absolute Gasteiger partial charge is 0.388 e. The number of hydrogen-bond acceptors (Lipinski definition) is 3. The third-order valence-corrected chi connectivity index (χ3v) is 2.27. The molecule has 2 rings (SSSR count). The van der Waals surface area contributed by atoms with Gasteiger partial charge in [-0.25, -0.2) is 0 Å². The summed E-state index contributed by atoms with van der Waals surface area (Å²) >= 11 is 0. The van der Waals surface area contributed by atoms with Gasteiger partial charge in [0.25, 0.3) is 0 Å². The van der Waals surface area contributed by atoms with E-state index in [-0.39, 0.29) is 0 Å². The molecule has 0 bridgehead atoms. The molecule has 3 heteroatoms. The van der Waals surface area contributed by atoms with Crippen molar-refractivity contribution in [1.82, 2.24) is 9.97 Å². The molecular formula is C12H12N2O. The van der Waals surface area contributed by atoms with E-state index in [0.29, 0.717) is 6.42 Å². The Hall–Kier alpha value is -1.74. The van der Waals surface area contributed by atoms with Crippen molar-refractivity contribution in [2.45, 2.75) is 12.5 Å². The molecule has 0 saturated heterocycles. The Kier molecular flexibility index (Phi) is 2.74. The molecule has 76 valence electrons. The fourth-order valence-electron chi connectivity index (χ4n) is 1.48. The summed E-state index contributed by atoms with van der Waals surface area (Å²) in [4.78, 5) is 8.35. The van der Waals surface area contributed by atoms with Crippen LogP contribution >= 0.6 is 0 Å². The van der Waals surface area contributed by atoms with E-state index >= 15 is 0 Å². The molecule has 1 aromatic carbocycles. The number of aliphatic hydroxyl groups excluding tert-OH is 1. The van der Waals surface area contributed by atoms with Gasteiger partial charge < -0.3 is 5.11 Å². The molecule has 1 unspecified atom stereocenters. The first-order valence-corrected chi connectivity index (χ1v) is 4.81. The van der Waals surface area contributed by atoms with Crippen molar-refractivity contribution in [3.63, 3.8) is 0 Å². The number of hydrogen-bond donors (Lipinski definition) is 1. The van der Waals surface area contributed by atoms with Crippen molar-refractivity contribution >= 4 is 11.0 Å². The highest BCUT2D eigenvalue weighted by molar-refractivity contribution is 5.74. The average Bonchev–Trinajstić information content (AvgIpc) is 2.29. The third kappa shape index (κ3) is 2.02. The lowest BCUT2D eigenvalue weighted by atomic mass is 10.1. The molecule has 0 radical (unpaired) electrons. The highest BCUT2D eigenvalue weighted by Gasteiger charge is 2.06. The van der Waals surface area contributed by atoms with E-state index in [9.17, 15) is 5.11 Å². The number of nitrogens with zero attached hydrogens (tertiary/aromatic N) is 2. The summed E-state index contributed by atoms with van der Waals surface area (Å²) in [5.41, 5.74) is 2.49. The van der Waals surface area contributed by atoms with E-state index in [1.54, 1.807) is 18.5 Å². The summed E-state index contributed by atoms with van der Waals surface area (Å²) in [6, 6.07) is 5.59. The molecule has 0 aliphatic heterocycles. The minimum atomic E-state index is -0.506. The zero-order valence-electron chi connectivity index (χ0n) is 8.30. The lowest BCUT2D eigenvalue weighted by Gasteiger charge is -2.08. The molecule has 3 nitrogen and oxygen atoms in total. The summed E-state index contributed by atoms with van der Waals surface area (Å²) in [7, 11) is 0. The molecular weight excluding hydrogens is 188 g/mol. The first kappa shape index (κ1) is 9.80. The first-order chi connectivity index (χ1) is 7.31. The average molecular weight is 200 g/mol. The summed E-state index contributed by atoms with van der Waals surface area (Å²) in [6.45, 7) is 3.60. The van der Waals surface area contributed by atoms with Gasteiger partial charge in [0.1, 0.15) is 0 Å². The first-order valence-electron chi connectivity index (χ1n) is 4.81. The van der Waals surface area contributed by atoms with Crippen molar-refractivity contribution in [2.75, 3.05) is 0 Å². The van der Waals surface area contributed by atoms with Gasteiger partial charge >= 0.3 is 0 Å². The molecule has 15 heavy (non-hydrogen) atoms. The van der Waals surface area contributed by atoms with Crippen molar-refractivity contribution in [3.8, 4) is 0 Å². The van der Waals surface area contributed by atoms with Gasteiger partial charge in [0, 0.05) is 12.4 Å². The number of benzene rings is 1. The van der Waals surface area contributed by atoms with Crippen LogP contribution in [-0.4, -0.2) is 15.1 Å². The summed E-state index contributed by atoms with van der Waals surface area (Å²) in [5, 5.41) is 9.76. The molecule has 0 fully saturated rings. The van der Waals surface area contributed by atoms with Crippen LogP contribution in [-0.2, 0) is 0 Å². The Morgan fingerprint density at radius 2 is 2.00 bits per heavy atom. The topological polar surface area (TPSA) is 46.0 Å². The van der Waals surface area contributed by atoms with Crippen LogP contribution in [0.2, 0.25) is 0 Å². The molecule has 1 aromatic heterocycles. The van der Waals surface area contributed by atoms with Crippen LogP contribution in [0.15, 0.2) is 43.2 Å². The van der Waals surface area contributed by atoms with Crippen LogP contribution in [0.5, 0.6) is 0 Å². The van der Waals surface area contributed by atoms with Gasteiger partial charge in [0.2, 0.25) is 0 Å². The summed E-state index contributed by atoms with van der Waals surface area (Å²) in [6.07, 6.45) is 5.04. The minimum absolute atomic E-state index is 0.506. The van der Waals surface area contributed by atoms with Crippen LogP contribution in [0.4, 0.5) is 0 Å². The molecule has 0 saturated carbocycles. The number of aliphatic hydroxyl groups is 1. The van der Waals surface area contributed by atoms with E-state index in [4.69, 9.17) is 0 Å². The molecule has 0 amide bonds. The maximum atomic E-state index is 9.76. The lowest BCUT2D eigenvalue weighted by Crippen LogP contribution is -1.96.